The minimum atomic E-state index is -0.106. The predicted molar refractivity (Wildman–Crippen MR) is 109 cm³/mol. The molecule has 0 saturated heterocycles. The van der Waals surface area contributed by atoms with Gasteiger partial charge in [-0.15, -0.1) is 11.3 Å². The van der Waals surface area contributed by atoms with Gasteiger partial charge < -0.3 is 14.8 Å². The lowest BCUT2D eigenvalue weighted by molar-refractivity contribution is 0.0932. The molecule has 6 heteroatoms. The van der Waals surface area contributed by atoms with E-state index in [1.165, 1.54) is 22.5 Å². The van der Waals surface area contributed by atoms with E-state index in [-0.39, 0.29) is 11.9 Å². The van der Waals surface area contributed by atoms with Gasteiger partial charge in [0, 0.05) is 10.9 Å². The number of nitrogens with one attached hydrogen (secondary N) is 1. The molecular formula is C22H22N2O3S. The second kappa shape index (κ2) is 8.44. The van der Waals surface area contributed by atoms with Gasteiger partial charge in [-0.2, -0.15) is 0 Å². The summed E-state index contributed by atoms with van der Waals surface area (Å²) in [6.07, 6.45) is 3.10. The fourth-order valence-corrected chi connectivity index (χ4v) is 4.08. The average Bonchev–Trinajstić information content (AvgIpc) is 3.26. The Morgan fingerprint density at radius 1 is 1.25 bits per heavy atom. The molecule has 1 unspecified atom stereocenters. The third-order valence-electron chi connectivity index (χ3n) is 4.96. The molecular weight excluding hydrogens is 372 g/mol. The molecule has 1 aliphatic rings. The van der Waals surface area contributed by atoms with Crippen molar-refractivity contribution in [3.05, 3.63) is 75.7 Å². The number of thiazole rings is 1. The van der Waals surface area contributed by atoms with Crippen molar-refractivity contribution in [3.8, 4) is 11.5 Å². The minimum absolute atomic E-state index is 0.0454. The van der Waals surface area contributed by atoms with Crippen molar-refractivity contribution in [3.63, 3.8) is 0 Å². The molecule has 0 bridgehead atoms. The number of fused-ring (bicyclic) bond motifs is 1. The first-order chi connectivity index (χ1) is 13.7. The molecule has 0 radical (unpaired) electrons. The van der Waals surface area contributed by atoms with Crippen LogP contribution < -0.4 is 14.8 Å². The zero-order chi connectivity index (χ0) is 19.3. The van der Waals surface area contributed by atoms with Crippen molar-refractivity contribution < 1.29 is 14.3 Å². The van der Waals surface area contributed by atoms with Gasteiger partial charge in [-0.25, -0.2) is 4.98 Å². The maximum atomic E-state index is 12.8. The van der Waals surface area contributed by atoms with Crippen molar-refractivity contribution in [2.24, 2.45) is 0 Å². The summed E-state index contributed by atoms with van der Waals surface area (Å²) < 4.78 is 11.2. The lowest BCUT2D eigenvalue weighted by Gasteiger charge is -2.26. The Morgan fingerprint density at radius 3 is 2.96 bits per heavy atom. The number of aryl methyl sites for hydroxylation is 1. The zero-order valence-corrected chi connectivity index (χ0v) is 16.5. The van der Waals surface area contributed by atoms with E-state index in [0.717, 1.165) is 25.0 Å². The molecule has 3 aromatic rings. The van der Waals surface area contributed by atoms with E-state index < -0.39 is 0 Å². The van der Waals surface area contributed by atoms with Crippen LogP contribution in [-0.2, 0) is 13.0 Å². The van der Waals surface area contributed by atoms with Gasteiger partial charge in [-0.1, -0.05) is 24.3 Å². The van der Waals surface area contributed by atoms with Gasteiger partial charge in [0.1, 0.15) is 6.61 Å². The van der Waals surface area contributed by atoms with Crippen molar-refractivity contribution in [2.45, 2.75) is 31.9 Å². The van der Waals surface area contributed by atoms with Crippen LogP contribution in [0, 0.1) is 0 Å². The van der Waals surface area contributed by atoms with Gasteiger partial charge >= 0.3 is 0 Å². The number of benzene rings is 2. The zero-order valence-electron chi connectivity index (χ0n) is 15.7. The van der Waals surface area contributed by atoms with Crippen molar-refractivity contribution in [1.82, 2.24) is 10.3 Å². The highest BCUT2D eigenvalue weighted by molar-refractivity contribution is 7.07. The monoisotopic (exact) mass is 394 g/mol. The number of amides is 1. The number of nitrogens with zero attached hydrogens (tertiary/aromatic N) is 1. The summed E-state index contributed by atoms with van der Waals surface area (Å²) in [5.41, 5.74) is 5.73. The SMILES string of the molecule is COc1cc(C(=O)NC2CCCc3ccccc32)ccc1OCc1cscn1. The highest BCUT2D eigenvalue weighted by Crippen LogP contribution is 2.31. The van der Waals surface area contributed by atoms with Crippen molar-refractivity contribution in [1.29, 1.82) is 0 Å². The Morgan fingerprint density at radius 2 is 2.14 bits per heavy atom. The van der Waals surface area contributed by atoms with E-state index in [1.807, 2.05) is 11.4 Å². The summed E-state index contributed by atoms with van der Waals surface area (Å²) >= 11 is 1.53. The Hall–Kier alpha value is -2.86. The van der Waals surface area contributed by atoms with Crippen LogP contribution >= 0.6 is 11.3 Å². The largest absolute Gasteiger partial charge is 0.493 e. The normalized spacial score (nSPS) is 15.5. The van der Waals surface area contributed by atoms with Gasteiger partial charge in [0.25, 0.3) is 5.91 Å². The number of hydrogen-bond acceptors (Lipinski definition) is 5. The number of ether oxygens (including phenoxy) is 2. The Kier molecular flexibility index (Phi) is 5.58. The van der Waals surface area contributed by atoms with E-state index in [1.54, 1.807) is 30.8 Å². The van der Waals surface area contributed by atoms with Crippen LogP contribution in [-0.4, -0.2) is 18.0 Å². The minimum Gasteiger partial charge on any atom is -0.493 e. The number of rotatable bonds is 6. The van der Waals surface area contributed by atoms with Gasteiger partial charge in [0.05, 0.1) is 24.4 Å². The molecule has 0 saturated carbocycles. The first-order valence-corrected chi connectivity index (χ1v) is 10.3. The third kappa shape index (κ3) is 4.02. The van der Waals surface area contributed by atoms with Gasteiger partial charge in [-0.05, 0) is 48.6 Å². The fourth-order valence-electron chi connectivity index (χ4n) is 3.53. The summed E-state index contributed by atoms with van der Waals surface area (Å²) in [6, 6.07) is 13.6. The molecule has 0 fully saturated rings. The van der Waals surface area contributed by atoms with E-state index in [9.17, 15) is 4.79 Å². The lowest BCUT2D eigenvalue weighted by atomic mass is 9.87. The summed E-state index contributed by atoms with van der Waals surface area (Å²) in [5.74, 6) is 1.02. The number of methoxy groups -OCH3 is 1. The molecule has 0 spiro atoms. The Bertz CT molecular complexity index is 956. The smallest absolute Gasteiger partial charge is 0.251 e. The molecule has 1 atom stereocenters. The summed E-state index contributed by atoms with van der Waals surface area (Å²) in [6.45, 7) is 0.365. The standard InChI is InChI=1S/C22H22N2O3S/c1-26-21-11-16(9-10-20(21)27-12-17-13-28-14-23-17)22(25)24-19-8-4-6-15-5-2-3-7-18(15)19/h2-3,5,7,9-11,13-14,19H,4,6,8,12H2,1H3,(H,24,25). The van der Waals surface area contributed by atoms with Crippen LogP contribution in [0.15, 0.2) is 53.4 Å². The van der Waals surface area contributed by atoms with Gasteiger partial charge in [0.2, 0.25) is 0 Å². The third-order valence-corrected chi connectivity index (χ3v) is 5.59. The van der Waals surface area contributed by atoms with Crippen LogP contribution in [0.2, 0.25) is 0 Å². The molecule has 1 N–H and O–H groups in total. The maximum Gasteiger partial charge on any atom is 0.251 e. The molecule has 5 nitrogen and oxygen atoms in total. The quantitative estimate of drug-likeness (QED) is 0.667. The van der Waals surface area contributed by atoms with Crippen LogP contribution in [0.3, 0.4) is 0 Å². The highest BCUT2D eigenvalue weighted by Gasteiger charge is 2.22. The van der Waals surface area contributed by atoms with Crippen LogP contribution in [0.25, 0.3) is 0 Å². The summed E-state index contributed by atoms with van der Waals surface area (Å²) in [7, 11) is 1.57. The predicted octanol–water partition coefficient (Wildman–Crippen LogP) is 4.54. The molecule has 1 heterocycles. The van der Waals surface area contributed by atoms with E-state index >= 15 is 0 Å². The first-order valence-electron chi connectivity index (χ1n) is 9.31. The van der Waals surface area contributed by atoms with Crippen LogP contribution in [0.5, 0.6) is 11.5 Å². The number of carbonyl (C=O) groups is 1. The average molecular weight is 394 g/mol. The topological polar surface area (TPSA) is 60.5 Å². The number of aromatic nitrogens is 1. The van der Waals surface area contributed by atoms with Crippen LogP contribution in [0.1, 0.15) is 46.1 Å². The molecule has 28 heavy (non-hydrogen) atoms. The second-order valence-electron chi connectivity index (χ2n) is 6.75. The molecule has 4 rings (SSSR count). The number of hydrogen-bond donors (Lipinski definition) is 1. The maximum absolute atomic E-state index is 12.8. The van der Waals surface area contributed by atoms with E-state index in [4.69, 9.17) is 9.47 Å². The van der Waals surface area contributed by atoms with Gasteiger partial charge in [-0.3, -0.25) is 4.79 Å². The second-order valence-corrected chi connectivity index (χ2v) is 7.47. The Labute approximate surface area is 168 Å². The molecule has 1 amide bonds. The van der Waals surface area contributed by atoms with Crippen molar-refractivity contribution >= 4 is 17.2 Å². The summed E-state index contributed by atoms with van der Waals surface area (Å²) in [5, 5.41) is 5.11. The summed E-state index contributed by atoms with van der Waals surface area (Å²) in [4.78, 5) is 17.0. The molecule has 1 aromatic heterocycles. The highest BCUT2D eigenvalue weighted by atomic mass is 32.1. The lowest BCUT2D eigenvalue weighted by Crippen LogP contribution is -2.31. The van der Waals surface area contributed by atoms with Gasteiger partial charge in [0.15, 0.2) is 11.5 Å². The van der Waals surface area contributed by atoms with E-state index in [0.29, 0.717) is 23.7 Å². The fraction of sp³-hybridized carbons (Fsp3) is 0.273. The molecule has 0 aliphatic heterocycles. The molecule has 2 aromatic carbocycles. The van der Waals surface area contributed by atoms with Crippen LogP contribution in [0.4, 0.5) is 0 Å². The Balaban J connectivity index is 1.47. The van der Waals surface area contributed by atoms with Crippen molar-refractivity contribution in [2.75, 3.05) is 7.11 Å². The first kappa shape index (κ1) is 18.5. The number of carbonyl (C=O) groups excluding carboxylic acids is 1. The molecule has 144 valence electrons. The molecule has 1 aliphatic carbocycles. The van der Waals surface area contributed by atoms with E-state index in [2.05, 4.69) is 28.5 Å².